The molecule has 2 aliphatic rings. The number of likely N-dealkylation sites (tertiary alicyclic amines) is 1. The van der Waals surface area contributed by atoms with Crippen LogP contribution < -0.4 is 15.0 Å². The Hall–Kier alpha value is -3.53. The third-order valence-electron chi connectivity index (χ3n) is 7.04. The highest BCUT2D eigenvalue weighted by Crippen LogP contribution is 2.26. The molecule has 5 rings (SSSR count). The molecule has 190 valence electrons. The molecular formula is C26H31FN6O3. The van der Waals surface area contributed by atoms with Crippen molar-refractivity contribution in [3.63, 3.8) is 0 Å². The summed E-state index contributed by atoms with van der Waals surface area (Å²) in [5, 5.41) is 7.25. The summed E-state index contributed by atoms with van der Waals surface area (Å²) in [4.78, 5) is 25.7. The Kier molecular flexibility index (Phi) is 7.41. The monoisotopic (exact) mass is 494 g/mol. The Morgan fingerprint density at radius 3 is 2.72 bits per heavy atom. The molecule has 0 saturated carbocycles. The van der Waals surface area contributed by atoms with Crippen molar-refractivity contribution in [3.8, 4) is 17.1 Å². The molecule has 0 radical (unpaired) electrons. The fourth-order valence-electron chi connectivity index (χ4n) is 4.89. The number of aromatic nitrogens is 3. The minimum Gasteiger partial charge on any atom is -0.497 e. The molecule has 1 N–H and O–H groups in total. The van der Waals surface area contributed by atoms with Crippen LogP contribution in [0.15, 0.2) is 47.1 Å². The van der Waals surface area contributed by atoms with E-state index in [9.17, 15) is 9.18 Å². The largest absolute Gasteiger partial charge is 0.497 e. The lowest BCUT2D eigenvalue weighted by molar-refractivity contribution is -0.125. The van der Waals surface area contributed by atoms with Gasteiger partial charge in [-0.25, -0.2) is 4.39 Å². The van der Waals surface area contributed by atoms with E-state index in [1.807, 2.05) is 29.2 Å². The molecule has 1 atom stereocenters. The average Bonchev–Trinajstić information content (AvgIpc) is 3.59. The number of hydrogen-bond acceptors (Lipinski definition) is 8. The molecule has 4 heterocycles. The number of pyridine rings is 1. The fraction of sp³-hybridized carbons (Fsp3) is 0.462. The minimum atomic E-state index is -0.266. The Labute approximate surface area is 209 Å². The van der Waals surface area contributed by atoms with E-state index < -0.39 is 0 Å². The van der Waals surface area contributed by atoms with E-state index in [4.69, 9.17) is 9.26 Å². The van der Waals surface area contributed by atoms with Gasteiger partial charge in [-0.1, -0.05) is 5.16 Å². The zero-order valence-corrected chi connectivity index (χ0v) is 20.4. The number of piperidine rings is 1. The number of ether oxygens (including phenoxy) is 1. The topological polar surface area (TPSA) is 96.6 Å². The van der Waals surface area contributed by atoms with Crippen LogP contribution in [0.25, 0.3) is 11.4 Å². The van der Waals surface area contributed by atoms with Crippen molar-refractivity contribution in [1.29, 1.82) is 0 Å². The van der Waals surface area contributed by atoms with Crippen molar-refractivity contribution in [2.75, 3.05) is 44.7 Å². The highest BCUT2D eigenvalue weighted by molar-refractivity contribution is 5.79. The number of nitrogens with one attached hydrogen (secondary N) is 1. The highest BCUT2D eigenvalue weighted by Gasteiger charge is 2.29. The molecule has 36 heavy (non-hydrogen) atoms. The van der Waals surface area contributed by atoms with E-state index in [1.54, 1.807) is 19.4 Å². The predicted octanol–water partition coefficient (Wildman–Crippen LogP) is 3.13. The van der Waals surface area contributed by atoms with Gasteiger partial charge in [-0.3, -0.25) is 14.7 Å². The Morgan fingerprint density at radius 1 is 1.17 bits per heavy atom. The van der Waals surface area contributed by atoms with E-state index in [1.165, 1.54) is 6.07 Å². The van der Waals surface area contributed by atoms with Crippen molar-refractivity contribution in [1.82, 2.24) is 25.3 Å². The molecule has 3 aromatic rings. The maximum Gasteiger partial charge on any atom is 0.324 e. The Bertz CT molecular complexity index is 1160. The second-order valence-electron chi connectivity index (χ2n) is 9.46. The number of amides is 1. The lowest BCUT2D eigenvalue weighted by atomic mass is 9.96. The van der Waals surface area contributed by atoms with Gasteiger partial charge in [0.1, 0.15) is 11.6 Å². The van der Waals surface area contributed by atoms with Crippen molar-refractivity contribution >= 4 is 11.9 Å². The Balaban J connectivity index is 1.05. The van der Waals surface area contributed by atoms with Gasteiger partial charge in [0, 0.05) is 50.4 Å². The summed E-state index contributed by atoms with van der Waals surface area (Å²) in [6.45, 7) is 4.25. The van der Waals surface area contributed by atoms with Crippen LogP contribution in [0.5, 0.6) is 5.75 Å². The first-order valence-corrected chi connectivity index (χ1v) is 12.4. The van der Waals surface area contributed by atoms with E-state index in [-0.39, 0.29) is 17.6 Å². The second kappa shape index (κ2) is 11.0. The number of nitrogens with zero attached hydrogens (tertiary/aromatic N) is 5. The maximum absolute atomic E-state index is 13.9. The zero-order chi connectivity index (χ0) is 24.9. The molecule has 2 fully saturated rings. The summed E-state index contributed by atoms with van der Waals surface area (Å²) in [6, 6.07) is 11.0. The van der Waals surface area contributed by atoms with Gasteiger partial charge in [-0.05, 0) is 68.1 Å². The number of anilines is 1. The van der Waals surface area contributed by atoms with Crippen LogP contribution in [0.3, 0.4) is 0 Å². The summed E-state index contributed by atoms with van der Waals surface area (Å²) in [5.74, 6) is 1.49. The number of halogens is 1. The third kappa shape index (κ3) is 5.64. The third-order valence-corrected chi connectivity index (χ3v) is 7.04. The van der Waals surface area contributed by atoms with Gasteiger partial charge in [0.05, 0.1) is 12.8 Å². The van der Waals surface area contributed by atoms with Crippen LogP contribution in [-0.4, -0.2) is 65.8 Å². The maximum atomic E-state index is 13.9. The number of hydrogen-bond donors (Lipinski definition) is 1. The van der Waals surface area contributed by atoms with Crippen molar-refractivity contribution < 1.29 is 18.4 Å². The van der Waals surface area contributed by atoms with Crippen LogP contribution in [0.2, 0.25) is 0 Å². The molecular weight excluding hydrogens is 463 g/mol. The SMILES string of the molecule is COc1ccc(-c2noc(N3CCC(C(=O)NCC4CCN(Cc5ncccc5F)C4)CC3)n2)cc1. The molecule has 0 aliphatic carbocycles. The molecule has 9 nitrogen and oxygen atoms in total. The number of benzene rings is 1. The first kappa shape index (κ1) is 24.2. The summed E-state index contributed by atoms with van der Waals surface area (Å²) in [5.41, 5.74) is 1.34. The average molecular weight is 495 g/mol. The van der Waals surface area contributed by atoms with Gasteiger partial charge in [-0.2, -0.15) is 4.98 Å². The van der Waals surface area contributed by atoms with Crippen LogP contribution in [0.4, 0.5) is 10.4 Å². The van der Waals surface area contributed by atoms with E-state index in [2.05, 4.69) is 25.3 Å². The first-order chi connectivity index (χ1) is 17.6. The molecule has 1 amide bonds. The minimum absolute atomic E-state index is 0.0228. The lowest BCUT2D eigenvalue weighted by Gasteiger charge is -2.30. The molecule has 2 aliphatic heterocycles. The number of methoxy groups -OCH3 is 1. The molecule has 0 spiro atoms. The van der Waals surface area contributed by atoms with Gasteiger partial charge < -0.3 is 19.5 Å². The van der Waals surface area contributed by atoms with Crippen LogP contribution in [-0.2, 0) is 11.3 Å². The van der Waals surface area contributed by atoms with Gasteiger partial charge in [0.2, 0.25) is 11.7 Å². The van der Waals surface area contributed by atoms with Crippen LogP contribution >= 0.6 is 0 Å². The highest BCUT2D eigenvalue weighted by atomic mass is 19.1. The molecule has 2 saturated heterocycles. The smallest absolute Gasteiger partial charge is 0.324 e. The normalized spacial score (nSPS) is 18.9. The summed E-state index contributed by atoms with van der Waals surface area (Å²) < 4.78 is 24.5. The summed E-state index contributed by atoms with van der Waals surface area (Å²) in [6.07, 6.45) is 4.08. The Morgan fingerprint density at radius 2 is 1.97 bits per heavy atom. The molecule has 2 aromatic heterocycles. The summed E-state index contributed by atoms with van der Waals surface area (Å²) >= 11 is 0. The summed E-state index contributed by atoms with van der Waals surface area (Å²) in [7, 11) is 1.63. The number of rotatable bonds is 8. The molecule has 1 aromatic carbocycles. The van der Waals surface area contributed by atoms with Gasteiger partial charge >= 0.3 is 6.01 Å². The van der Waals surface area contributed by atoms with Crippen molar-refractivity contribution in [2.45, 2.75) is 25.8 Å². The fourth-order valence-corrected chi connectivity index (χ4v) is 4.89. The second-order valence-corrected chi connectivity index (χ2v) is 9.46. The van der Waals surface area contributed by atoms with E-state index in [0.717, 1.165) is 43.7 Å². The molecule has 10 heteroatoms. The number of carbonyl (C=O) groups excluding carboxylic acids is 1. The predicted molar refractivity (Wildman–Crippen MR) is 132 cm³/mol. The quantitative estimate of drug-likeness (QED) is 0.510. The zero-order valence-electron chi connectivity index (χ0n) is 20.4. The molecule has 1 unspecified atom stereocenters. The van der Waals surface area contributed by atoms with Crippen LogP contribution in [0.1, 0.15) is 25.0 Å². The van der Waals surface area contributed by atoms with E-state index >= 15 is 0 Å². The van der Waals surface area contributed by atoms with E-state index in [0.29, 0.717) is 49.6 Å². The van der Waals surface area contributed by atoms with Crippen molar-refractivity contribution in [3.05, 3.63) is 54.1 Å². The lowest BCUT2D eigenvalue weighted by Crippen LogP contribution is -2.42. The van der Waals surface area contributed by atoms with Crippen molar-refractivity contribution in [2.24, 2.45) is 11.8 Å². The van der Waals surface area contributed by atoms with Gasteiger partial charge in [0.15, 0.2) is 0 Å². The standard InChI is InChI=1S/C26H31FN6O3/c1-35-21-6-4-19(5-7-21)24-30-26(36-31-24)33-13-9-20(10-14-33)25(34)29-15-18-8-12-32(16-18)17-23-22(27)3-2-11-28-23/h2-7,11,18,20H,8-10,12-17H2,1H3,(H,29,34). The van der Waals surface area contributed by atoms with Gasteiger partial charge in [0.25, 0.3) is 0 Å². The first-order valence-electron chi connectivity index (χ1n) is 12.4. The van der Waals surface area contributed by atoms with Gasteiger partial charge in [-0.15, -0.1) is 0 Å². The molecule has 0 bridgehead atoms. The number of carbonyl (C=O) groups is 1. The van der Waals surface area contributed by atoms with Crippen LogP contribution in [0, 0.1) is 17.7 Å².